The molecule has 2 heterocycles. The van der Waals surface area contributed by atoms with Gasteiger partial charge in [-0.1, -0.05) is 23.7 Å². The topological polar surface area (TPSA) is 119 Å². The molecule has 4 aromatic rings. The molecule has 0 saturated carbocycles. The van der Waals surface area contributed by atoms with E-state index in [0.717, 1.165) is 69.3 Å². The molecule has 2 atom stereocenters. The average Bonchev–Trinajstić information content (AvgIpc) is 3.19. The Morgan fingerprint density at radius 2 is 1.23 bits per heavy atom. The third-order valence-corrected chi connectivity index (χ3v) is 9.97. The molecule has 0 bridgehead atoms. The predicted molar refractivity (Wildman–Crippen MR) is 216 cm³/mol. The monoisotopic (exact) mass is 810 g/mol. The van der Waals surface area contributed by atoms with Crippen LogP contribution >= 0.6 is 11.6 Å². The Morgan fingerprint density at radius 1 is 0.737 bits per heavy atom. The van der Waals surface area contributed by atoms with Crippen LogP contribution in [0.5, 0.6) is 11.5 Å². The summed E-state index contributed by atoms with van der Waals surface area (Å²) >= 11 is 6.26. The predicted octanol–water partition coefficient (Wildman–Crippen LogP) is 8.79. The number of anilines is 2. The summed E-state index contributed by atoms with van der Waals surface area (Å²) in [6, 6.07) is 20.4. The van der Waals surface area contributed by atoms with Gasteiger partial charge in [-0.3, -0.25) is 9.59 Å². The number of benzene rings is 4. The van der Waals surface area contributed by atoms with Crippen LogP contribution in [0.3, 0.4) is 0 Å². The van der Waals surface area contributed by atoms with Crippen molar-refractivity contribution in [1.82, 2.24) is 10.6 Å². The number of nitrogens with one attached hydrogen (secondary N) is 4. The van der Waals surface area contributed by atoms with Crippen LogP contribution in [0, 0.1) is 0 Å². The van der Waals surface area contributed by atoms with Gasteiger partial charge >= 0.3 is 6.18 Å². The van der Waals surface area contributed by atoms with E-state index in [1.54, 1.807) is 38.5 Å². The van der Waals surface area contributed by atoms with Crippen molar-refractivity contribution in [2.45, 2.75) is 63.9 Å². The van der Waals surface area contributed by atoms with Gasteiger partial charge < -0.3 is 40.2 Å². The van der Waals surface area contributed by atoms with Crippen LogP contribution in [0.15, 0.2) is 72.8 Å². The van der Waals surface area contributed by atoms with E-state index < -0.39 is 17.6 Å². The molecule has 57 heavy (non-hydrogen) atoms. The lowest BCUT2D eigenvalue weighted by molar-refractivity contribution is -0.138. The number of methoxy groups -OCH3 is 3. The highest BCUT2D eigenvalue weighted by molar-refractivity contribution is 6.32. The van der Waals surface area contributed by atoms with Crippen LogP contribution in [0.25, 0.3) is 0 Å². The minimum absolute atomic E-state index is 0.0207. The zero-order valence-corrected chi connectivity index (χ0v) is 33.5. The van der Waals surface area contributed by atoms with Gasteiger partial charge in [-0.25, -0.2) is 0 Å². The first-order chi connectivity index (χ1) is 27.3. The summed E-state index contributed by atoms with van der Waals surface area (Å²) in [6.45, 7) is 6.97. The first-order valence-electron chi connectivity index (χ1n) is 18.9. The molecule has 0 radical (unpaired) electrons. The Morgan fingerprint density at radius 3 is 1.67 bits per heavy atom. The molecule has 2 amide bonds. The maximum absolute atomic E-state index is 13.2. The van der Waals surface area contributed by atoms with Crippen molar-refractivity contribution in [2.75, 3.05) is 58.3 Å². The summed E-state index contributed by atoms with van der Waals surface area (Å²) < 4.78 is 60.4. The van der Waals surface area contributed by atoms with E-state index in [2.05, 4.69) is 33.4 Å². The summed E-state index contributed by atoms with van der Waals surface area (Å²) in [5.74, 6) is -0.561. The van der Waals surface area contributed by atoms with Crippen LogP contribution in [0.2, 0.25) is 5.02 Å². The van der Waals surface area contributed by atoms with Crippen LogP contribution in [0.4, 0.5) is 24.5 Å². The molecule has 6 rings (SSSR count). The van der Waals surface area contributed by atoms with Gasteiger partial charge in [0.2, 0.25) is 0 Å². The first-order valence-corrected chi connectivity index (χ1v) is 19.2. The van der Waals surface area contributed by atoms with Gasteiger partial charge in [0.1, 0.15) is 11.5 Å². The lowest BCUT2D eigenvalue weighted by atomic mass is 9.92. The standard InChI is InChI=1S/C22H27ClN2O3.C21H23F3N2O3/c1-14(2)28-21-7-5-16(12-19(21)23)22(26)25-17-6-4-15-8-10-24-20(9-11-27-3)18(15)13-17;1-28-10-8-18-16-12-15(5-3-13(16)7-9-25-18)26-20(27)14-4-6-19(29-2)17(11-14)21(22,23)24/h4-7,12-14,20,24H,8-11H2,1-3H3,(H,25,26);3-6,11-12,18,25H,7-10H2,1-2H3,(H,26,27). The van der Waals surface area contributed by atoms with Gasteiger partial charge in [0.25, 0.3) is 11.8 Å². The number of rotatable bonds is 13. The number of carbonyl (C=O) groups is 2. The molecule has 0 saturated heterocycles. The largest absolute Gasteiger partial charge is 0.496 e. The number of hydrogen-bond acceptors (Lipinski definition) is 8. The number of alkyl halides is 3. The van der Waals surface area contributed by atoms with Crippen molar-refractivity contribution in [3.05, 3.63) is 117 Å². The number of hydrogen-bond donors (Lipinski definition) is 4. The normalized spacial score (nSPS) is 16.1. The molecule has 2 aliphatic heterocycles. The van der Waals surface area contributed by atoms with Gasteiger partial charge in [0.15, 0.2) is 0 Å². The van der Waals surface area contributed by atoms with Gasteiger partial charge in [-0.15, -0.1) is 0 Å². The van der Waals surface area contributed by atoms with E-state index in [4.69, 9.17) is 30.5 Å². The highest BCUT2D eigenvalue weighted by Gasteiger charge is 2.35. The number of halogens is 4. The number of amides is 2. The van der Waals surface area contributed by atoms with Crippen LogP contribution in [-0.2, 0) is 28.5 Å². The van der Waals surface area contributed by atoms with E-state index in [-0.39, 0.29) is 35.4 Å². The molecule has 4 aromatic carbocycles. The second-order valence-electron chi connectivity index (χ2n) is 14.0. The van der Waals surface area contributed by atoms with Crippen molar-refractivity contribution >= 4 is 34.8 Å². The molecule has 2 aliphatic rings. The number of ether oxygens (including phenoxy) is 4. The second kappa shape index (κ2) is 20.2. The van der Waals surface area contributed by atoms with Gasteiger partial charge in [-0.2, -0.15) is 13.2 Å². The van der Waals surface area contributed by atoms with Crippen LogP contribution < -0.4 is 30.7 Å². The van der Waals surface area contributed by atoms with Crippen LogP contribution in [0.1, 0.15) is 87.3 Å². The molecule has 14 heteroatoms. The minimum Gasteiger partial charge on any atom is -0.496 e. The quantitative estimate of drug-likeness (QED) is 0.106. The third-order valence-electron chi connectivity index (χ3n) is 9.67. The van der Waals surface area contributed by atoms with E-state index in [0.29, 0.717) is 35.2 Å². The molecule has 10 nitrogen and oxygen atoms in total. The summed E-state index contributed by atoms with van der Waals surface area (Å²) in [6.07, 6.45) is -1.05. The molecule has 306 valence electrons. The fraction of sp³-hybridized carbons (Fsp3) is 0.395. The van der Waals surface area contributed by atoms with Gasteiger partial charge in [0.05, 0.1) is 23.8 Å². The Hall–Kier alpha value is -4.66. The first kappa shape index (κ1) is 43.5. The smallest absolute Gasteiger partial charge is 0.419 e. The highest BCUT2D eigenvalue weighted by atomic mass is 35.5. The van der Waals surface area contributed by atoms with Crippen molar-refractivity contribution < 1.29 is 41.7 Å². The Balaban J connectivity index is 0.000000218. The minimum atomic E-state index is -4.62. The zero-order chi connectivity index (χ0) is 41.1. The van der Waals surface area contributed by atoms with Crippen molar-refractivity contribution in [3.8, 4) is 11.5 Å². The summed E-state index contributed by atoms with van der Waals surface area (Å²) in [7, 11) is 4.51. The maximum atomic E-state index is 13.2. The molecule has 0 spiro atoms. The highest BCUT2D eigenvalue weighted by Crippen LogP contribution is 2.37. The van der Waals surface area contributed by atoms with Gasteiger partial charge in [-0.05, 0) is 136 Å². The summed E-state index contributed by atoms with van der Waals surface area (Å²) in [5.41, 5.74) is 5.51. The van der Waals surface area contributed by atoms with E-state index in [9.17, 15) is 22.8 Å². The lowest BCUT2D eigenvalue weighted by Crippen LogP contribution is -2.30. The summed E-state index contributed by atoms with van der Waals surface area (Å²) in [4.78, 5) is 25.2. The van der Waals surface area contributed by atoms with Crippen molar-refractivity contribution in [2.24, 2.45) is 0 Å². The maximum Gasteiger partial charge on any atom is 0.419 e. The van der Waals surface area contributed by atoms with Crippen LogP contribution in [-0.4, -0.2) is 65.6 Å². The van der Waals surface area contributed by atoms with Crippen molar-refractivity contribution in [3.63, 3.8) is 0 Å². The van der Waals surface area contributed by atoms with E-state index >= 15 is 0 Å². The number of carbonyl (C=O) groups excluding carboxylic acids is 2. The number of fused-ring (bicyclic) bond motifs is 2. The molecule has 4 N–H and O–H groups in total. The fourth-order valence-corrected chi connectivity index (χ4v) is 7.11. The van der Waals surface area contributed by atoms with Crippen molar-refractivity contribution in [1.29, 1.82) is 0 Å². The molecule has 2 unspecified atom stereocenters. The zero-order valence-electron chi connectivity index (χ0n) is 32.8. The fourth-order valence-electron chi connectivity index (χ4n) is 6.89. The molecular formula is C43H50ClF3N4O6. The van der Waals surface area contributed by atoms with Gasteiger partial charge in [0, 0.05) is 62.0 Å². The molecule has 0 fully saturated rings. The molecule has 0 aromatic heterocycles. The van der Waals surface area contributed by atoms with E-state index in [1.165, 1.54) is 22.8 Å². The molecular weight excluding hydrogens is 761 g/mol. The van der Waals surface area contributed by atoms with E-state index in [1.807, 2.05) is 32.0 Å². The lowest BCUT2D eigenvalue weighted by Gasteiger charge is -2.27. The third kappa shape index (κ3) is 11.7. The summed E-state index contributed by atoms with van der Waals surface area (Å²) in [5, 5.41) is 13.1. The Bertz CT molecular complexity index is 2010. The Kier molecular flexibility index (Phi) is 15.4. The average molecular weight is 811 g/mol. The SMILES string of the molecule is COCCC1NCCc2ccc(NC(=O)c3ccc(OC(C)C)c(Cl)c3)cc21.COCCC1NCCc2ccc(NC(=O)c3ccc(OC)c(C(F)(F)F)c3)cc21. The Labute approximate surface area is 336 Å². The molecule has 0 aliphatic carbocycles. The second-order valence-corrected chi connectivity index (χ2v) is 14.4.